The van der Waals surface area contributed by atoms with Gasteiger partial charge in [0.15, 0.2) is 5.01 Å². The smallest absolute Gasteiger partial charge is 0.280 e. The molecule has 24 heavy (non-hydrogen) atoms. The van der Waals surface area contributed by atoms with E-state index < -0.39 is 0 Å². The number of nitrogens with one attached hydrogen (secondary N) is 1. The van der Waals surface area contributed by atoms with E-state index in [1.807, 2.05) is 12.3 Å². The summed E-state index contributed by atoms with van der Waals surface area (Å²) in [7, 11) is 0. The van der Waals surface area contributed by atoms with Gasteiger partial charge in [-0.25, -0.2) is 4.98 Å². The lowest BCUT2D eigenvalue weighted by atomic mass is 9.79. The Morgan fingerprint density at radius 3 is 2.83 bits per heavy atom. The van der Waals surface area contributed by atoms with Crippen LogP contribution in [-0.2, 0) is 0 Å². The molecule has 5 heteroatoms. The van der Waals surface area contributed by atoms with Crippen molar-refractivity contribution in [3.05, 3.63) is 41.0 Å². The zero-order valence-corrected chi connectivity index (χ0v) is 15.0. The molecule has 3 aliphatic rings. The highest BCUT2D eigenvalue weighted by Gasteiger charge is 2.40. The van der Waals surface area contributed by atoms with Crippen molar-refractivity contribution in [2.75, 3.05) is 13.1 Å². The summed E-state index contributed by atoms with van der Waals surface area (Å²) in [6, 6.07) is 9.00. The Balaban J connectivity index is 1.49. The molecule has 126 valence electrons. The molecule has 2 atom stereocenters. The zero-order chi connectivity index (χ0) is 16.7. The molecule has 1 aromatic carbocycles. The Labute approximate surface area is 146 Å². The fourth-order valence-electron chi connectivity index (χ4n) is 4.07. The second-order valence-corrected chi connectivity index (χ2v) is 8.04. The number of aryl methyl sites for hydroxylation is 1. The maximum Gasteiger partial charge on any atom is 0.280 e. The largest absolute Gasteiger partial charge is 0.345 e. The van der Waals surface area contributed by atoms with Crippen molar-refractivity contribution >= 4 is 17.2 Å². The standard InChI is InChI=1S/C19H23N3OS/c1-12-4-3-5-15(10-12)16-11-20-19(24-16)18(23)21-17-13(2)22-8-6-14(17)7-9-22/h3-5,10-11,13-14,17H,6-9H2,1-2H3,(H,21,23). The van der Waals surface area contributed by atoms with Gasteiger partial charge in [-0.1, -0.05) is 29.8 Å². The molecule has 5 rings (SSSR count). The predicted molar refractivity (Wildman–Crippen MR) is 97.3 cm³/mol. The SMILES string of the molecule is Cc1cccc(-c2cnc(C(=O)NC3C4CCN(CC4)C3C)s2)c1. The number of benzene rings is 1. The number of carbonyl (C=O) groups is 1. The maximum absolute atomic E-state index is 12.7. The van der Waals surface area contributed by atoms with Gasteiger partial charge < -0.3 is 5.32 Å². The average Bonchev–Trinajstić information content (AvgIpc) is 3.09. The van der Waals surface area contributed by atoms with Gasteiger partial charge in [0.25, 0.3) is 5.91 Å². The lowest BCUT2D eigenvalue weighted by Crippen LogP contribution is -2.62. The van der Waals surface area contributed by atoms with Gasteiger partial charge in [-0.05, 0) is 51.3 Å². The number of rotatable bonds is 3. The molecule has 0 saturated carbocycles. The Morgan fingerprint density at radius 1 is 1.33 bits per heavy atom. The first-order valence-corrected chi connectivity index (χ1v) is 9.51. The molecule has 2 bridgehead atoms. The van der Waals surface area contributed by atoms with Crippen LogP contribution in [0.4, 0.5) is 0 Å². The Kier molecular flexibility index (Phi) is 4.14. The van der Waals surface area contributed by atoms with E-state index in [0.717, 1.165) is 10.4 Å². The third-order valence-electron chi connectivity index (χ3n) is 5.48. The van der Waals surface area contributed by atoms with Crippen LogP contribution in [0.1, 0.15) is 35.1 Å². The second-order valence-electron chi connectivity index (χ2n) is 7.01. The summed E-state index contributed by atoms with van der Waals surface area (Å²) in [4.78, 5) is 20.6. The van der Waals surface area contributed by atoms with Crippen molar-refractivity contribution in [2.24, 2.45) is 5.92 Å². The van der Waals surface area contributed by atoms with Gasteiger partial charge in [0.05, 0.1) is 4.88 Å². The number of carbonyl (C=O) groups excluding carboxylic acids is 1. The number of aromatic nitrogens is 1. The first kappa shape index (κ1) is 15.8. The molecule has 0 aliphatic carbocycles. The molecule has 4 nitrogen and oxygen atoms in total. The minimum Gasteiger partial charge on any atom is -0.345 e. The topological polar surface area (TPSA) is 45.2 Å². The van der Waals surface area contributed by atoms with Crippen LogP contribution in [0.5, 0.6) is 0 Å². The number of fused-ring (bicyclic) bond motifs is 3. The van der Waals surface area contributed by atoms with Crippen LogP contribution in [0, 0.1) is 12.8 Å². The second kappa shape index (κ2) is 6.30. The third kappa shape index (κ3) is 2.87. The van der Waals surface area contributed by atoms with E-state index in [4.69, 9.17) is 0 Å². The van der Waals surface area contributed by atoms with E-state index in [1.54, 1.807) is 0 Å². The highest BCUT2D eigenvalue weighted by molar-refractivity contribution is 7.16. The van der Waals surface area contributed by atoms with Crippen molar-refractivity contribution in [1.29, 1.82) is 0 Å². The first-order valence-electron chi connectivity index (χ1n) is 8.69. The molecule has 1 amide bonds. The Bertz CT molecular complexity index is 747. The van der Waals surface area contributed by atoms with Gasteiger partial charge in [-0.3, -0.25) is 9.69 Å². The molecule has 1 aromatic heterocycles. The summed E-state index contributed by atoms with van der Waals surface area (Å²) >= 11 is 1.48. The molecular formula is C19H23N3OS. The van der Waals surface area contributed by atoms with Gasteiger partial charge in [-0.2, -0.15) is 0 Å². The summed E-state index contributed by atoms with van der Waals surface area (Å²) in [6.45, 7) is 6.66. The Hall–Kier alpha value is -1.72. The highest BCUT2D eigenvalue weighted by atomic mass is 32.1. The lowest BCUT2D eigenvalue weighted by Gasteiger charge is -2.49. The number of amides is 1. The number of nitrogens with zero attached hydrogens (tertiary/aromatic N) is 2. The molecule has 1 N–H and O–H groups in total. The van der Waals surface area contributed by atoms with E-state index in [1.165, 1.54) is 42.8 Å². The van der Waals surface area contributed by atoms with Crippen molar-refractivity contribution in [1.82, 2.24) is 15.2 Å². The van der Waals surface area contributed by atoms with Crippen LogP contribution in [0.2, 0.25) is 0 Å². The maximum atomic E-state index is 12.7. The van der Waals surface area contributed by atoms with Crippen molar-refractivity contribution in [3.63, 3.8) is 0 Å². The molecule has 3 saturated heterocycles. The van der Waals surface area contributed by atoms with Crippen LogP contribution in [0.25, 0.3) is 10.4 Å². The fraction of sp³-hybridized carbons (Fsp3) is 0.474. The van der Waals surface area contributed by atoms with Crippen molar-refractivity contribution < 1.29 is 4.79 Å². The monoisotopic (exact) mass is 341 g/mol. The van der Waals surface area contributed by atoms with Gasteiger partial charge in [0.1, 0.15) is 0 Å². The van der Waals surface area contributed by atoms with Gasteiger partial charge >= 0.3 is 0 Å². The number of thiazole rings is 1. The zero-order valence-electron chi connectivity index (χ0n) is 14.2. The van der Waals surface area contributed by atoms with Crippen LogP contribution >= 0.6 is 11.3 Å². The van der Waals surface area contributed by atoms with Crippen LogP contribution < -0.4 is 5.32 Å². The summed E-state index contributed by atoms with van der Waals surface area (Å²) < 4.78 is 0. The van der Waals surface area contributed by atoms with Crippen LogP contribution in [0.15, 0.2) is 30.5 Å². The molecule has 2 unspecified atom stereocenters. The number of hydrogen-bond donors (Lipinski definition) is 1. The quantitative estimate of drug-likeness (QED) is 0.931. The van der Waals surface area contributed by atoms with Crippen molar-refractivity contribution in [3.8, 4) is 10.4 Å². The Morgan fingerprint density at radius 2 is 2.12 bits per heavy atom. The van der Waals surface area contributed by atoms with E-state index in [-0.39, 0.29) is 11.9 Å². The molecular weight excluding hydrogens is 318 g/mol. The van der Waals surface area contributed by atoms with Crippen LogP contribution in [-0.4, -0.2) is 41.0 Å². The minimum atomic E-state index is -0.0236. The van der Waals surface area contributed by atoms with Crippen LogP contribution in [0.3, 0.4) is 0 Å². The fourth-order valence-corrected chi connectivity index (χ4v) is 4.88. The van der Waals surface area contributed by atoms with E-state index in [9.17, 15) is 4.79 Å². The highest BCUT2D eigenvalue weighted by Crippen LogP contribution is 2.33. The molecule has 0 radical (unpaired) electrons. The minimum absolute atomic E-state index is 0.0236. The molecule has 0 spiro atoms. The lowest BCUT2D eigenvalue weighted by molar-refractivity contribution is 0.0217. The summed E-state index contributed by atoms with van der Waals surface area (Å²) in [5.41, 5.74) is 2.34. The normalized spacial score (nSPS) is 28.8. The third-order valence-corrected chi connectivity index (χ3v) is 6.52. The average molecular weight is 341 g/mol. The number of hydrogen-bond acceptors (Lipinski definition) is 4. The number of piperidine rings is 3. The summed E-state index contributed by atoms with van der Waals surface area (Å²) in [5, 5.41) is 3.82. The van der Waals surface area contributed by atoms with E-state index >= 15 is 0 Å². The summed E-state index contributed by atoms with van der Waals surface area (Å²) in [5.74, 6) is 0.592. The first-order chi connectivity index (χ1) is 11.6. The molecule has 3 aliphatic heterocycles. The van der Waals surface area contributed by atoms with Gasteiger partial charge in [0.2, 0.25) is 0 Å². The summed E-state index contributed by atoms with van der Waals surface area (Å²) in [6.07, 6.45) is 4.21. The van der Waals surface area contributed by atoms with Gasteiger partial charge in [-0.15, -0.1) is 11.3 Å². The van der Waals surface area contributed by atoms with Crippen molar-refractivity contribution in [2.45, 2.75) is 38.8 Å². The van der Waals surface area contributed by atoms with Gasteiger partial charge in [0, 0.05) is 18.3 Å². The molecule has 4 heterocycles. The molecule has 2 aromatic rings. The molecule has 3 fully saturated rings. The van der Waals surface area contributed by atoms with E-state index in [0.29, 0.717) is 17.0 Å². The predicted octanol–water partition coefficient (Wildman–Crippen LogP) is 3.33. The van der Waals surface area contributed by atoms with E-state index in [2.05, 4.69) is 47.2 Å².